The minimum atomic E-state index is -3.31. The maximum absolute atomic E-state index is 12.1. The maximum atomic E-state index is 12.1. The Bertz CT molecular complexity index is 426. The summed E-state index contributed by atoms with van der Waals surface area (Å²) in [5, 5.41) is 2.70. The highest BCUT2D eigenvalue weighted by Gasteiger charge is 2.27. The molecule has 1 amide bonds. The van der Waals surface area contributed by atoms with E-state index in [2.05, 4.69) is 5.32 Å². The second-order valence-corrected chi connectivity index (χ2v) is 5.92. The Morgan fingerprint density at radius 2 is 1.74 bits per heavy atom. The molecule has 0 fully saturated rings. The van der Waals surface area contributed by atoms with Crippen LogP contribution in [0.3, 0.4) is 0 Å². The van der Waals surface area contributed by atoms with Crippen LogP contribution in [0.2, 0.25) is 0 Å². The van der Waals surface area contributed by atoms with E-state index in [4.69, 9.17) is 9.05 Å². The van der Waals surface area contributed by atoms with Gasteiger partial charge < -0.3 is 14.4 Å². The number of carbonyl (C=O) groups excluding carboxylic acids is 1. The van der Waals surface area contributed by atoms with Crippen LogP contribution in [0.5, 0.6) is 0 Å². The number of hydrogen-bond donors (Lipinski definition) is 1. The van der Waals surface area contributed by atoms with Gasteiger partial charge in [-0.1, -0.05) is 30.3 Å². The van der Waals surface area contributed by atoms with Gasteiger partial charge in [0, 0.05) is 6.54 Å². The fourth-order valence-electron chi connectivity index (χ4n) is 1.55. The minimum absolute atomic E-state index is 0.248. The summed E-state index contributed by atoms with van der Waals surface area (Å²) < 4.78 is 22.3. The summed E-state index contributed by atoms with van der Waals surface area (Å²) in [5.41, 5.74) is 0.985. The summed E-state index contributed by atoms with van der Waals surface area (Å²) in [6.07, 6.45) is -0.248. The van der Waals surface area contributed by atoms with Crippen molar-refractivity contribution in [3.63, 3.8) is 0 Å². The van der Waals surface area contributed by atoms with E-state index in [0.29, 0.717) is 6.54 Å². The summed E-state index contributed by atoms with van der Waals surface area (Å²) in [6, 6.07) is 9.51. The molecule has 6 heteroatoms. The minimum Gasteiger partial charge on any atom is -0.351 e. The van der Waals surface area contributed by atoms with Gasteiger partial charge in [0.05, 0.1) is 13.2 Å². The lowest BCUT2D eigenvalue weighted by Crippen LogP contribution is -2.26. The van der Waals surface area contributed by atoms with E-state index in [-0.39, 0.29) is 25.3 Å². The zero-order valence-electron chi connectivity index (χ0n) is 11.3. The van der Waals surface area contributed by atoms with Gasteiger partial charge in [-0.3, -0.25) is 9.36 Å². The van der Waals surface area contributed by atoms with Crippen molar-refractivity contribution in [2.24, 2.45) is 0 Å². The van der Waals surface area contributed by atoms with Crippen LogP contribution in [0.1, 0.15) is 19.4 Å². The molecule has 1 aromatic carbocycles. The first-order valence-electron chi connectivity index (χ1n) is 6.28. The third-order valence-corrected chi connectivity index (χ3v) is 4.30. The first kappa shape index (κ1) is 15.9. The molecule has 1 N–H and O–H groups in total. The van der Waals surface area contributed by atoms with Gasteiger partial charge in [-0.25, -0.2) is 0 Å². The first-order chi connectivity index (χ1) is 9.09. The molecule has 106 valence electrons. The summed E-state index contributed by atoms with van der Waals surface area (Å²) >= 11 is 0. The second kappa shape index (κ2) is 8.10. The number of hydrogen-bond acceptors (Lipinski definition) is 4. The molecule has 5 nitrogen and oxygen atoms in total. The standard InChI is InChI=1S/C13H20NO4P/c1-3-17-19(16,18-4-2)11-13(15)14-10-12-8-6-5-7-9-12/h5-9H,3-4,10-11H2,1-2H3,(H,14,15). The molecule has 0 bridgehead atoms. The van der Waals surface area contributed by atoms with Crippen LogP contribution in [-0.2, 0) is 25.0 Å². The molecule has 0 unspecified atom stereocenters. The van der Waals surface area contributed by atoms with Gasteiger partial charge in [-0.2, -0.15) is 0 Å². The van der Waals surface area contributed by atoms with E-state index in [9.17, 15) is 9.36 Å². The Kier molecular flexibility index (Phi) is 6.78. The van der Waals surface area contributed by atoms with Gasteiger partial charge >= 0.3 is 7.60 Å². The van der Waals surface area contributed by atoms with Gasteiger partial charge in [-0.15, -0.1) is 0 Å². The summed E-state index contributed by atoms with van der Waals surface area (Å²) in [6.45, 7) is 4.34. The topological polar surface area (TPSA) is 64.6 Å². The van der Waals surface area contributed by atoms with Crippen LogP contribution in [0, 0.1) is 0 Å². The third-order valence-electron chi connectivity index (χ3n) is 2.32. The molecular weight excluding hydrogens is 265 g/mol. The van der Waals surface area contributed by atoms with E-state index in [0.717, 1.165) is 5.56 Å². The van der Waals surface area contributed by atoms with Gasteiger partial charge in [0.2, 0.25) is 5.91 Å². The van der Waals surface area contributed by atoms with Gasteiger partial charge in [0.15, 0.2) is 0 Å². The Hall–Kier alpha value is -1.16. The number of nitrogens with one attached hydrogen (secondary N) is 1. The van der Waals surface area contributed by atoms with Crippen LogP contribution in [0.4, 0.5) is 0 Å². The fourth-order valence-corrected chi connectivity index (χ4v) is 3.06. The smallest absolute Gasteiger partial charge is 0.340 e. The molecule has 0 aliphatic heterocycles. The molecule has 0 atom stereocenters. The number of carbonyl (C=O) groups is 1. The number of benzene rings is 1. The highest BCUT2D eigenvalue weighted by Crippen LogP contribution is 2.47. The quantitative estimate of drug-likeness (QED) is 0.746. The van der Waals surface area contributed by atoms with Crippen molar-refractivity contribution in [2.75, 3.05) is 19.4 Å². The molecule has 1 rings (SSSR count). The fraction of sp³-hybridized carbons (Fsp3) is 0.462. The molecule has 0 saturated carbocycles. The lowest BCUT2D eigenvalue weighted by molar-refractivity contribution is -0.119. The number of rotatable bonds is 8. The van der Waals surface area contributed by atoms with Crippen LogP contribution in [0.15, 0.2) is 30.3 Å². The van der Waals surface area contributed by atoms with E-state index in [1.165, 1.54) is 0 Å². The van der Waals surface area contributed by atoms with Crippen LogP contribution in [-0.4, -0.2) is 25.3 Å². The average molecular weight is 285 g/mol. The monoisotopic (exact) mass is 285 g/mol. The van der Waals surface area contributed by atoms with Crippen LogP contribution >= 0.6 is 7.60 Å². The molecule has 0 aliphatic rings. The first-order valence-corrected chi connectivity index (χ1v) is 8.01. The molecule has 0 radical (unpaired) electrons. The Labute approximate surface area is 113 Å². The summed E-state index contributed by atoms with van der Waals surface area (Å²) in [5.74, 6) is -0.339. The van der Waals surface area contributed by atoms with Crippen molar-refractivity contribution in [3.8, 4) is 0 Å². The SMILES string of the molecule is CCOP(=O)(CC(=O)NCc1ccccc1)OCC. The predicted molar refractivity (Wildman–Crippen MR) is 74.0 cm³/mol. The Balaban J connectivity index is 2.47. The maximum Gasteiger partial charge on any atom is 0.340 e. The third kappa shape index (κ3) is 6.01. The van der Waals surface area contributed by atoms with Crippen LogP contribution in [0.25, 0.3) is 0 Å². The van der Waals surface area contributed by atoms with E-state index in [1.54, 1.807) is 13.8 Å². The van der Waals surface area contributed by atoms with Crippen molar-refractivity contribution in [1.82, 2.24) is 5.32 Å². The molecule has 0 aliphatic carbocycles. The van der Waals surface area contributed by atoms with Crippen molar-refractivity contribution in [2.45, 2.75) is 20.4 Å². The molecule has 19 heavy (non-hydrogen) atoms. The summed E-state index contributed by atoms with van der Waals surface area (Å²) in [7, 11) is -3.31. The van der Waals surface area contributed by atoms with Crippen molar-refractivity contribution >= 4 is 13.5 Å². The van der Waals surface area contributed by atoms with Gasteiger partial charge in [0.1, 0.15) is 6.16 Å². The average Bonchev–Trinajstić information content (AvgIpc) is 2.38. The highest BCUT2D eigenvalue weighted by molar-refractivity contribution is 7.54. The van der Waals surface area contributed by atoms with Crippen molar-refractivity contribution in [3.05, 3.63) is 35.9 Å². The highest BCUT2D eigenvalue weighted by atomic mass is 31.2. The molecule has 0 heterocycles. The predicted octanol–water partition coefficient (Wildman–Crippen LogP) is 2.57. The number of amides is 1. The molecule has 0 aromatic heterocycles. The van der Waals surface area contributed by atoms with E-state index >= 15 is 0 Å². The molecular formula is C13H20NO4P. The molecule has 0 spiro atoms. The lowest BCUT2D eigenvalue weighted by atomic mass is 10.2. The normalized spacial score (nSPS) is 11.3. The van der Waals surface area contributed by atoms with E-state index < -0.39 is 7.60 Å². The van der Waals surface area contributed by atoms with Gasteiger partial charge in [0.25, 0.3) is 0 Å². The lowest BCUT2D eigenvalue weighted by Gasteiger charge is -2.16. The van der Waals surface area contributed by atoms with Gasteiger partial charge in [-0.05, 0) is 19.4 Å². The molecule has 1 aromatic rings. The van der Waals surface area contributed by atoms with Crippen LogP contribution < -0.4 is 5.32 Å². The Morgan fingerprint density at radius 3 is 2.26 bits per heavy atom. The van der Waals surface area contributed by atoms with Crippen molar-refractivity contribution in [1.29, 1.82) is 0 Å². The van der Waals surface area contributed by atoms with E-state index in [1.807, 2.05) is 30.3 Å². The second-order valence-electron chi connectivity index (χ2n) is 3.87. The Morgan fingerprint density at radius 1 is 1.16 bits per heavy atom. The zero-order valence-corrected chi connectivity index (χ0v) is 12.2. The zero-order chi connectivity index (χ0) is 14.1. The largest absolute Gasteiger partial charge is 0.351 e. The summed E-state index contributed by atoms with van der Waals surface area (Å²) in [4.78, 5) is 11.7. The molecule has 0 saturated heterocycles. The van der Waals surface area contributed by atoms with Crippen molar-refractivity contribution < 1.29 is 18.4 Å².